The van der Waals surface area contributed by atoms with Gasteiger partial charge in [-0.15, -0.1) is 0 Å². The minimum Gasteiger partial charge on any atom is -0.478 e. The van der Waals surface area contributed by atoms with E-state index in [9.17, 15) is 4.79 Å². The smallest absolute Gasteiger partial charge is 0.335 e. The molecule has 3 heteroatoms. The van der Waals surface area contributed by atoms with E-state index >= 15 is 0 Å². The lowest BCUT2D eigenvalue weighted by Gasteiger charge is -1.97. The maximum atomic E-state index is 10.5. The average molecular weight is 175 g/mol. The molecule has 0 aliphatic rings. The van der Waals surface area contributed by atoms with Gasteiger partial charge in [0.2, 0.25) is 0 Å². The Kier molecular flexibility index (Phi) is 3.04. The van der Waals surface area contributed by atoms with E-state index in [1.54, 1.807) is 24.3 Å². The molecular weight excluding hydrogens is 166 g/mol. The van der Waals surface area contributed by atoms with Crippen molar-refractivity contribution >= 4 is 5.97 Å². The van der Waals surface area contributed by atoms with Gasteiger partial charge in [-0.05, 0) is 24.1 Å². The molecular formula is C10H9NO2. The summed E-state index contributed by atoms with van der Waals surface area (Å²) in [6.45, 7) is 0. The second-order valence-corrected chi connectivity index (χ2v) is 2.66. The van der Waals surface area contributed by atoms with Crippen molar-refractivity contribution in [3.8, 4) is 6.07 Å². The summed E-state index contributed by atoms with van der Waals surface area (Å²) in [6, 6.07) is 8.61. The fourth-order valence-electron chi connectivity index (χ4n) is 1.01. The molecule has 1 rings (SSSR count). The van der Waals surface area contributed by atoms with Gasteiger partial charge in [0.25, 0.3) is 0 Å². The standard InChI is InChI=1S/C10H9NO2/c11-7-1-2-8-3-5-9(6-4-8)10(12)13/h3-6H,1-2H2,(H,12,13). The van der Waals surface area contributed by atoms with Crippen LogP contribution in [0.5, 0.6) is 0 Å². The molecule has 66 valence electrons. The van der Waals surface area contributed by atoms with Gasteiger partial charge >= 0.3 is 5.97 Å². The number of nitriles is 1. The Morgan fingerprint density at radius 3 is 2.46 bits per heavy atom. The SMILES string of the molecule is N#CCCc1ccc(C(=O)O)cc1. The Hall–Kier alpha value is -1.82. The predicted molar refractivity (Wildman–Crippen MR) is 47.3 cm³/mol. The number of carboxylic acids is 1. The predicted octanol–water partition coefficient (Wildman–Crippen LogP) is 1.84. The lowest BCUT2D eigenvalue weighted by Crippen LogP contribution is -1.95. The van der Waals surface area contributed by atoms with Crippen molar-refractivity contribution in [1.82, 2.24) is 0 Å². The van der Waals surface area contributed by atoms with Crippen LogP contribution in [0.1, 0.15) is 22.3 Å². The molecule has 0 saturated carbocycles. The highest BCUT2D eigenvalue weighted by atomic mass is 16.4. The number of rotatable bonds is 3. The average Bonchev–Trinajstić information content (AvgIpc) is 2.15. The van der Waals surface area contributed by atoms with Crippen LogP contribution in [-0.4, -0.2) is 11.1 Å². The minimum absolute atomic E-state index is 0.278. The van der Waals surface area contributed by atoms with E-state index in [1.165, 1.54) is 0 Å². The zero-order valence-electron chi connectivity index (χ0n) is 7.03. The van der Waals surface area contributed by atoms with Crippen molar-refractivity contribution in [2.75, 3.05) is 0 Å². The van der Waals surface area contributed by atoms with Crippen molar-refractivity contribution in [2.24, 2.45) is 0 Å². The first-order valence-corrected chi connectivity index (χ1v) is 3.93. The first-order valence-electron chi connectivity index (χ1n) is 3.93. The summed E-state index contributed by atoms with van der Waals surface area (Å²) in [5.74, 6) is -0.924. The van der Waals surface area contributed by atoms with Crippen LogP contribution in [-0.2, 0) is 6.42 Å². The van der Waals surface area contributed by atoms with E-state index in [4.69, 9.17) is 10.4 Å². The first kappa shape index (κ1) is 9.27. The third kappa shape index (κ3) is 2.60. The van der Waals surface area contributed by atoms with Gasteiger partial charge in [0, 0.05) is 6.42 Å². The molecule has 0 aliphatic heterocycles. The highest BCUT2D eigenvalue weighted by molar-refractivity contribution is 5.87. The summed E-state index contributed by atoms with van der Waals surface area (Å²) >= 11 is 0. The number of aromatic carboxylic acids is 1. The quantitative estimate of drug-likeness (QED) is 0.762. The third-order valence-electron chi connectivity index (χ3n) is 1.73. The zero-order valence-corrected chi connectivity index (χ0v) is 7.03. The van der Waals surface area contributed by atoms with Crippen molar-refractivity contribution in [1.29, 1.82) is 5.26 Å². The maximum Gasteiger partial charge on any atom is 0.335 e. The largest absolute Gasteiger partial charge is 0.478 e. The number of hydrogen-bond acceptors (Lipinski definition) is 2. The van der Waals surface area contributed by atoms with Gasteiger partial charge in [0.05, 0.1) is 11.6 Å². The van der Waals surface area contributed by atoms with Gasteiger partial charge in [0.15, 0.2) is 0 Å². The van der Waals surface area contributed by atoms with Crippen LogP contribution in [0.3, 0.4) is 0 Å². The summed E-state index contributed by atoms with van der Waals surface area (Å²) < 4.78 is 0. The Morgan fingerprint density at radius 2 is 2.00 bits per heavy atom. The first-order chi connectivity index (χ1) is 6.24. The van der Waals surface area contributed by atoms with E-state index in [0.29, 0.717) is 12.8 Å². The Labute approximate surface area is 76.2 Å². The number of carbonyl (C=O) groups is 1. The number of nitrogens with zero attached hydrogens (tertiary/aromatic N) is 1. The molecule has 0 atom stereocenters. The van der Waals surface area contributed by atoms with E-state index < -0.39 is 5.97 Å². The molecule has 0 aromatic heterocycles. The molecule has 0 bridgehead atoms. The Morgan fingerprint density at radius 1 is 1.38 bits per heavy atom. The summed E-state index contributed by atoms with van der Waals surface area (Å²) in [4.78, 5) is 10.5. The fourth-order valence-corrected chi connectivity index (χ4v) is 1.01. The molecule has 0 amide bonds. The number of carboxylic acid groups (broad SMARTS) is 1. The molecule has 1 aromatic rings. The van der Waals surface area contributed by atoms with Gasteiger partial charge < -0.3 is 5.11 Å². The second kappa shape index (κ2) is 4.27. The van der Waals surface area contributed by atoms with Crippen molar-refractivity contribution in [2.45, 2.75) is 12.8 Å². The van der Waals surface area contributed by atoms with Crippen molar-refractivity contribution in [3.63, 3.8) is 0 Å². The van der Waals surface area contributed by atoms with Crippen LogP contribution in [0.2, 0.25) is 0 Å². The number of benzene rings is 1. The Bertz CT molecular complexity index is 335. The molecule has 0 spiro atoms. The van der Waals surface area contributed by atoms with Gasteiger partial charge in [-0.2, -0.15) is 5.26 Å². The summed E-state index contributed by atoms with van der Waals surface area (Å²) in [5, 5.41) is 16.9. The lowest BCUT2D eigenvalue weighted by molar-refractivity contribution is 0.0697. The fraction of sp³-hybridized carbons (Fsp3) is 0.200. The van der Waals surface area contributed by atoms with Crippen LogP contribution in [0.4, 0.5) is 0 Å². The van der Waals surface area contributed by atoms with E-state index in [1.807, 2.05) is 6.07 Å². The molecule has 1 N–H and O–H groups in total. The molecule has 1 aromatic carbocycles. The van der Waals surface area contributed by atoms with Crippen LogP contribution < -0.4 is 0 Å². The van der Waals surface area contributed by atoms with Crippen LogP contribution in [0.15, 0.2) is 24.3 Å². The number of aryl methyl sites for hydroxylation is 1. The summed E-state index contributed by atoms with van der Waals surface area (Å²) in [7, 11) is 0. The van der Waals surface area contributed by atoms with Crippen molar-refractivity contribution < 1.29 is 9.90 Å². The highest BCUT2D eigenvalue weighted by Crippen LogP contribution is 2.06. The Balaban J connectivity index is 2.71. The molecule has 0 saturated heterocycles. The van der Waals surface area contributed by atoms with Gasteiger partial charge in [-0.3, -0.25) is 0 Å². The van der Waals surface area contributed by atoms with E-state index in [2.05, 4.69) is 0 Å². The lowest BCUT2D eigenvalue weighted by atomic mass is 10.1. The van der Waals surface area contributed by atoms with Gasteiger partial charge in [-0.1, -0.05) is 12.1 Å². The zero-order chi connectivity index (χ0) is 9.68. The minimum atomic E-state index is -0.924. The van der Waals surface area contributed by atoms with Crippen LogP contribution >= 0.6 is 0 Å². The van der Waals surface area contributed by atoms with Crippen LogP contribution in [0, 0.1) is 11.3 Å². The molecule has 0 unspecified atom stereocenters. The topological polar surface area (TPSA) is 61.1 Å². The molecule has 3 nitrogen and oxygen atoms in total. The van der Waals surface area contributed by atoms with Crippen molar-refractivity contribution in [3.05, 3.63) is 35.4 Å². The maximum absolute atomic E-state index is 10.5. The summed E-state index contributed by atoms with van der Waals surface area (Å²) in [5.41, 5.74) is 1.27. The van der Waals surface area contributed by atoms with E-state index in [-0.39, 0.29) is 5.56 Å². The van der Waals surface area contributed by atoms with Crippen LogP contribution in [0.25, 0.3) is 0 Å². The molecule has 0 aliphatic carbocycles. The molecule has 0 heterocycles. The van der Waals surface area contributed by atoms with Gasteiger partial charge in [0.1, 0.15) is 0 Å². The highest BCUT2D eigenvalue weighted by Gasteiger charge is 2.00. The normalized spacial score (nSPS) is 9.15. The van der Waals surface area contributed by atoms with Gasteiger partial charge in [-0.25, -0.2) is 4.79 Å². The summed E-state index contributed by atoms with van der Waals surface area (Å²) in [6.07, 6.45) is 1.14. The molecule has 0 fully saturated rings. The molecule has 13 heavy (non-hydrogen) atoms. The monoisotopic (exact) mass is 175 g/mol. The third-order valence-corrected chi connectivity index (χ3v) is 1.73. The molecule has 0 radical (unpaired) electrons. The second-order valence-electron chi connectivity index (χ2n) is 2.66. The van der Waals surface area contributed by atoms with E-state index in [0.717, 1.165) is 5.56 Å². The number of hydrogen-bond donors (Lipinski definition) is 1.